The molecule has 0 spiro atoms. The molecule has 1 saturated heterocycles. The number of piperazine rings is 1. The highest BCUT2D eigenvalue weighted by Crippen LogP contribution is 2.23. The van der Waals surface area contributed by atoms with Gasteiger partial charge in [0.05, 0.1) is 9.21 Å². The lowest BCUT2D eigenvalue weighted by atomic mass is 10.3. The molecule has 2 heterocycles. The predicted molar refractivity (Wildman–Crippen MR) is 72.4 cm³/mol. The summed E-state index contributed by atoms with van der Waals surface area (Å²) in [5.74, 6) is 0.738. The number of carbonyl (C=O) groups is 1. The van der Waals surface area contributed by atoms with E-state index in [1.807, 2.05) is 4.90 Å². The zero-order valence-electron chi connectivity index (χ0n) is 9.36. The third kappa shape index (κ3) is 3.35. The summed E-state index contributed by atoms with van der Waals surface area (Å²) in [6, 6.07) is 3.56. The molecule has 0 N–H and O–H groups in total. The molecule has 1 amide bonds. The van der Waals surface area contributed by atoms with Crippen LogP contribution in [0.3, 0.4) is 0 Å². The number of hydrogen-bond acceptors (Lipinski definition) is 3. The molecule has 0 saturated carbocycles. The first-order valence-electron chi connectivity index (χ1n) is 5.53. The van der Waals surface area contributed by atoms with Crippen LogP contribution in [0.4, 0.5) is 0 Å². The van der Waals surface area contributed by atoms with Gasteiger partial charge in [0.1, 0.15) is 0 Å². The van der Waals surface area contributed by atoms with Gasteiger partial charge in [0.15, 0.2) is 0 Å². The van der Waals surface area contributed by atoms with Crippen molar-refractivity contribution in [3.8, 4) is 0 Å². The lowest BCUT2D eigenvalue weighted by molar-refractivity contribution is 0.0649. The maximum absolute atomic E-state index is 12.1. The van der Waals surface area contributed by atoms with Gasteiger partial charge in [0, 0.05) is 38.6 Å². The third-order valence-electron chi connectivity index (χ3n) is 2.84. The monoisotopic (exact) mass is 292 g/mol. The minimum absolute atomic E-state index is 0.0902. The highest BCUT2D eigenvalue weighted by atomic mass is 35.5. The molecule has 0 aliphatic carbocycles. The van der Waals surface area contributed by atoms with Crippen molar-refractivity contribution in [3.05, 3.63) is 21.3 Å². The number of carbonyl (C=O) groups excluding carboxylic acids is 1. The molecule has 1 aromatic heterocycles. The number of nitrogens with zero attached hydrogens (tertiary/aromatic N) is 2. The van der Waals surface area contributed by atoms with Crippen LogP contribution in [0.25, 0.3) is 0 Å². The second-order valence-electron chi connectivity index (χ2n) is 3.93. The fourth-order valence-corrected chi connectivity index (χ4v) is 3.13. The van der Waals surface area contributed by atoms with Gasteiger partial charge in [0.25, 0.3) is 5.91 Å². The Balaban J connectivity index is 1.90. The highest BCUT2D eigenvalue weighted by Gasteiger charge is 2.22. The van der Waals surface area contributed by atoms with Crippen LogP contribution < -0.4 is 0 Å². The molecular formula is C11H14Cl2N2OS. The van der Waals surface area contributed by atoms with Crippen molar-refractivity contribution >= 4 is 40.4 Å². The van der Waals surface area contributed by atoms with Gasteiger partial charge in [0.2, 0.25) is 0 Å². The SMILES string of the molecule is O=C(c1ccc(Cl)s1)N1CCN(CCCl)CC1. The molecule has 0 radical (unpaired) electrons. The van der Waals surface area contributed by atoms with Gasteiger partial charge in [-0.25, -0.2) is 0 Å². The smallest absolute Gasteiger partial charge is 0.264 e. The van der Waals surface area contributed by atoms with E-state index in [0.29, 0.717) is 10.2 Å². The van der Waals surface area contributed by atoms with Crippen LogP contribution >= 0.6 is 34.5 Å². The zero-order chi connectivity index (χ0) is 12.3. The predicted octanol–water partition coefficient (Wildman–Crippen LogP) is 2.40. The molecule has 0 bridgehead atoms. The first kappa shape index (κ1) is 13.1. The Morgan fingerprint density at radius 1 is 1.29 bits per heavy atom. The normalized spacial score (nSPS) is 17.4. The molecule has 2 rings (SSSR count). The highest BCUT2D eigenvalue weighted by molar-refractivity contribution is 7.17. The number of halogens is 2. The second kappa shape index (κ2) is 6.05. The molecule has 0 unspecified atom stereocenters. The topological polar surface area (TPSA) is 23.6 Å². The van der Waals surface area contributed by atoms with Gasteiger partial charge in [-0.2, -0.15) is 0 Å². The number of thiophene rings is 1. The maximum atomic E-state index is 12.1. The summed E-state index contributed by atoms with van der Waals surface area (Å²) >= 11 is 12.9. The summed E-state index contributed by atoms with van der Waals surface area (Å²) in [5, 5.41) is 0. The summed E-state index contributed by atoms with van der Waals surface area (Å²) in [6.07, 6.45) is 0. The van der Waals surface area contributed by atoms with Crippen LogP contribution in [0.15, 0.2) is 12.1 Å². The molecule has 1 aliphatic rings. The van der Waals surface area contributed by atoms with Gasteiger partial charge < -0.3 is 4.90 Å². The van der Waals surface area contributed by atoms with Gasteiger partial charge in [-0.3, -0.25) is 9.69 Å². The van der Waals surface area contributed by atoms with E-state index < -0.39 is 0 Å². The molecular weight excluding hydrogens is 279 g/mol. The largest absolute Gasteiger partial charge is 0.335 e. The van der Waals surface area contributed by atoms with E-state index in [4.69, 9.17) is 23.2 Å². The van der Waals surface area contributed by atoms with Gasteiger partial charge in [-0.1, -0.05) is 11.6 Å². The average Bonchev–Trinajstić information content (AvgIpc) is 2.76. The molecule has 3 nitrogen and oxygen atoms in total. The Morgan fingerprint density at radius 2 is 2.00 bits per heavy atom. The minimum Gasteiger partial charge on any atom is -0.335 e. The summed E-state index contributed by atoms with van der Waals surface area (Å²) in [5.41, 5.74) is 0. The van der Waals surface area contributed by atoms with Crippen molar-refractivity contribution in [2.45, 2.75) is 0 Å². The molecule has 1 aromatic rings. The third-order valence-corrected chi connectivity index (χ3v) is 4.23. The number of amides is 1. The quantitative estimate of drug-likeness (QED) is 0.799. The van der Waals surface area contributed by atoms with Crippen LogP contribution in [0.5, 0.6) is 0 Å². The van der Waals surface area contributed by atoms with E-state index in [0.717, 1.165) is 37.6 Å². The Bertz CT molecular complexity index is 389. The van der Waals surface area contributed by atoms with Crippen molar-refractivity contribution in [3.63, 3.8) is 0 Å². The molecule has 17 heavy (non-hydrogen) atoms. The van der Waals surface area contributed by atoms with Crippen molar-refractivity contribution in [2.24, 2.45) is 0 Å². The lowest BCUT2D eigenvalue weighted by Crippen LogP contribution is -2.48. The van der Waals surface area contributed by atoms with Crippen LogP contribution in [-0.2, 0) is 0 Å². The average molecular weight is 293 g/mol. The van der Waals surface area contributed by atoms with Crippen LogP contribution in [0, 0.1) is 0 Å². The fourth-order valence-electron chi connectivity index (χ4n) is 1.88. The van der Waals surface area contributed by atoms with Gasteiger partial charge >= 0.3 is 0 Å². The maximum Gasteiger partial charge on any atom is 0.264 e. The first-order chi connectivity index (χ1) is 8.20. The summed E-state index contributed by atoms with van der Waals surface area (Å²) < 4.78 is 0.661. The van der Waals surface area contributed by atoms with Crippen LogP contribution in [0.2, 0.25) is 4.34 Å². The van der Waals surface area contributed by atoms with Crippen molar-refractivity contribution < 1.29 is 4.79 Å². The van der Waals surface area contributed by atoms with Crippen molar-refractivity contribution in [1.82, 2.24) is 9.80 Å². The van der Waals surface area contributed by atoms with Gasteiger partial charge in [-0.05, 0) is 12.1 Å². The minimum atomic E-state index is 0.0902. The van der Waals surface area contributed by atoms with Crippen molar-refractivity contribution in [1.29, 1.82) is 0 Å². The van der Waals surface area contributed by atoms with E-state index >= 15 is 0 Å². The molecule has 0 atom stereocenters. The second-order valence-corrected chi connectivity index (χ2v) is 6.02. The summed E-state index contributed by atoms with van der Waals surface area (Å²) in [6.45, 7) is 4.24. The van der Waals surface area contributed by atoms with E-state index in [1.54, 1.807) is 12.1 Å². The van der Waals surface area contributed by atoms with Crippen molar-refractivity contribution in [2.75, 3.05) is 38.6 Å². The van der Waals surface area contributed by atoms with Crippen LogP contribution in [-0.4, -0.2) is 54.3 Å². The Hall–Kier alpha value is -0.290. The summed E-state index contributed by atoms with van der Waals surface area (Å²) in [7, 11) is 0. The molecule has 1 aliphatic heterocycles. The summed E-state index contributed by atoms with van der Waals surface area (Å²) in [4.78, 5) is 17.0. The fraction of sp³-hybridized carbons (Fsp3) is 0.545. The zero-order valence-corrected chi connectivity index (χ0v) is 11.7. The Morgan fingerprint density at radius 3 is 2.53 bits per heavy atom. The molecule has 1 fully saturated rings. The van der Waals surface area contributed by atoms with E-state index in [2.05, 4.69) is 4.90 Å². The molecule has 0 aromatic carbocycles. The first-order valence-corrected chi connectivity index (χ1v) is 7.26. The van der Waals surface area contributed by atoms with Crippen LogP contribution in [0.1, 0.15) is 9.67 Å². The lowest BCUT2D eigenvalue weighted by Gasteiger charge is -2.34. The Kier molecular flexibility index (Phi) is 4.68. The van der Waals surface area contributed by atoms with E-state index in [1.165, 1.54) is 11.3 Å². The standard InChI is InChI=1S/C11H14Cl2N2OS/c12-3-4-14-5-7-15(8-6-14)11(16)9-1-2-10(13)17-9/h1-2H,3-8H2. The van der Waals surface area contributed by atoms with E-state index in [9.17, 15) is 4.79 Å². The number of hydrogen-bond donors (Lipinski definition) is 0. The van der Waals surface area contributed by atoms with Gasteiger partial charge in [-0.15, -0.1) is 22.9 Å². The number of alkyl halides is 1. The molecule has 6 heteroatoms. The van der Waals surface area contributed by atoms with E-state index in [-0.39, 0.29) is 5.91 Å². The molecule has 94 valence electrons. The Labute approximate surface area is 115 Å². The number of rotatable bonds is 3.